The lowest BCUT2D eigenvalue weighted by Gasteiger charge is -2.20. The van der Waals surface area contributed by atoms with Crippen LogP contribution in [-0.4, -0.2) is 27.3 Å². The highest BCUT2D eigenvalue weighted by molar-refractivity contribution is 5.48. The number of ether oxygens (including phenoxy) is 2. The molecule has 1 aromatic carbocycles. The fraction of sp³-hybridized carbons (Fsp3) is 0.571. The van der Waals surface area contributed by atoms with Crippen molar-refractivity contribution >= 4 is 0 Å². The van der Waals surface area contributed by atoms with Gasteiger partial charge in [-0.2, -0.15) is 0 Å². The number of nitrogens with one attached hydrogen (secondary N) is 1. The highest BCUT2D eigenvalue weighted by Gasteiger charge is 2.45. The van der Waals surface area contributed by atoms with E-state index in [1.54, 1.807) is 14.2 Å². The molecule has 0 heterocycles. The fourth-order valence-electron chi connectivity index (χ4n) is 2.29. The summed E-state index contributed by atoms with van der Waals surface area (Å²) in [7, 11) is 3.43. The van der Waals surface area contributed by atoms with E-state index < -0.39 is 0 Å². The van der Waals surface area contributed by atoms with E-state index in [2.05, 4.69) is 18.3 Å². The SMILES string of the molecule is CCNCC1(c2cc(OC)ccc2OC)CC1. The molecule has 1 aliphatic rings. The van der Waals surface area contributed by atoms with Crippen LogP contribution < -0.4 is 14.8 Å². The molecule has 0 unspecified atom stereocenters. The van der Waals surface area contributed by atoms with Gasteiger partial charge in [-0.05, 0) is 37.6 Å². The third kappa shape index (κ3) is 2.39. The Labute approximate surface area is 103 Å². The summed E-state index contributed by atoms with van der Waals surface area (Å²) in [6.07, 6.45) is 2.45. The van der Waals surface area contributed by atoms with Gasteiger partial charge >= 0.3 is 0 Å². The van der Waals surface area contributed by atoms with Crippen molar-refractivity contribution in [1.29, 1.82) is 0 Å². The molecule has 17 heavy (non-hydrogen) atoms. The summed E-state index contributed by atoms with van der Waals surface area (Å²) in [4.78, 5) is 0. The van der Waals surface area contributed by atoms with Crippen LogP contribution in [0.15, 0.2) is 18.2 Å². The molecule has 1 saturated carbocycles. The third-order valence-electron chi connectivity index (χ3n) is 3.54. The Morgan fingerprint density at radius 1 is 1.24 bits per heavy atom. The van der Waals surface area contributed by atoms with Gasteiger partial charge in [0, 0.05) is 17.5 Å². The van der Waals surface area contributed by atoms with Crippen LogP contribution in [0.1, 0.15) is 25.3 Å². The lowest BCUT2D eigenvalue weighted by Crippen LogP contribution is -2.27. The second-order valence-corrected chi connectivity index (χ2v) is 4.63. The van der Waals surface area contributed by atoms with E-state index in [-0.39, 0.29) is 5.41 Å². The summed E-state index contributed by atoms with van der Waals surface area (Å²) in [5.74, 6) is 1.88. The number of likely N-dealkylation sites (N-methyl/N-ethyl adjacent to an activating group) is 1. The van der Waals surface area contributed by atoms with E-state index in [0.717, 1.165) is 24.6 Å². The maximum atomic E-state index is 5.47. The lowest BCUT2D eigenvalue weighted by molar-refractivity contribution is 0.392. The van der Waals surface area contributed by atoms with Gasteiger partial charge < -0.3 is 14.8 Å². The zero-order valence-corrected chi connectivity index (χ0v) is 10.9. The van der Waals surface area contributed by atoms with Crippen molar-refractivity contribution in [2.45, 2.75) is 25.2 Å². The van der Waals surface area contributed by atoms with Gasteiger partial charge in [-0.3, -0.25) is 0 Å². The van der Waals surface area contributed by atoms with Crippen LogP contribution in [0.3, 0.4) is 0 Å². The number of rotatable bonds is 6. The molecule has 1 aliphatic carbocycles. The van der Waals surface area contributed by atoms with Crippen LogP contribution in [0.5, 0.6) is 11.5 Å². The van der Waals surface area contributed by atoms with Gasteiger partial charge in [0.1, 0.15) is 11.5 Å². The van der Waals surface area contributed by atoms with Crippen molar-refractivity contribution in [3.63, 3.8) is 0 Å². The predicted molar refractivity (Wildman–Crippen MR) is 69.0 cm³/mol. The van der Waals surface area contributed by atoms with E-state index in [1.165, 1.54) is 18.4 Å². The highest BCUT2D eigenvalue weighted by Crippen LogP contribution is 2.51. The van der Waals surface area contributed by atoms with Crippen LogP contribution in [0.25, 0.3) is 0 Å². The van der Waals surface area contributed by atoms with Crippen LogP contribution in [0.4, 0.5) is 0 Å². The molecule has 0 radical (unpaired) electrons. The van der Waals surface area contributed by atoms with Gasteiger partial charge in [0.2, 0.25) is 0 Å². The smallest absolute Gasteiger partial charge is 0.122 e. The second-order valence-electron chi connectivity index (χ2n) is 4.63. The quantitative estimate of drug-likeness (QED) is 0.821. The Bertz CT molecular complexity index is 386. The van der Waals surface area contributed by atoms with E-state index in [9.17, 15) is 0 Å². The summed E-state index contributed by atoms with van der Waals surface area (Å²) in [5.41, 5.74) is 1.54. The molecule has 0 amide bonds. The normalized spacial score (nSPS) is 16.6. The van der Waals surface area contributed by atoms with E-state index in [4.69, 9.17) is 9.47 Å². The average molecular weight is 235 g/mol. The van der Waals surface area contributed by atoms with E-state index in [0.29, 0.717) is 0 Å². The van der Waals surface area contributed by atoms with E-state index in [1.807, 2.05) is 12.1 Å². The third-order valence-corrected chi connectivity index (χ3v) is 3.54. The zero-order chi connectivity index (χ0) is 12.3. The van der Waals surface area contributed by atoms with Crippen molar-refractivity contribution in [2.75, 3.05) is 27.3 Å². The first-order valence-electron chi connectivity index (χ1n) is 6.19. The molecular formula is C14H21NO2. The van der Waals surface area contributed by atoms with Crippen molar-refractivity contribution < 1.29 is 9.47 Å². The largest absolute Gasteiger partial charge is 0.497 e. The average Bonchev–Trinajstić information content (AvgIpc) is 3.16. The van der Waals surface area contributed by atoms with Gasteiger partial charge in [0.25, 0.3) is 0 Å². The van der Waals surface area contributed by atoms with Gasteiger partial charge in [-0.25, -0.2) is 0 Å². The minimum absolute atomic E-state index is 0.260. The molecular weight excluding hydrogens is 214 g/mol. The number of benzene rings is 1. The Morgan fingerprint density at radius 3 is 2.53 bits per heavy atom. The lowest BCUT2D eigenvalue weighted by atomic mass is 9.94. The van der Waals surface area contributed by atoms with Crippen LogP contribution in [-0.2, 0) is 5.41 Å². The monoisotopic (exact) mass is 235 g/mol. The minimum atomic E-state index is 0.260. The Balaban J connectivity index is 2.29. The number of hydrogen-bond donors (Lipinski definition) is 1. The predicted octanol–water partition coefficient (Wildman–Crippen LogP) is 2.34. The molecule has 0 aliphatic heterocycles. The first-order valence-corrected chi connectivity index (χ1v) is 6.19. The molecule has 0 aromatic heterocycles. The standard InChI is InChI=1S/C14H21NO2/c1-4-15-10-14(7-8-14)12-9-11(16-2)5-6-13(12)17-3/h5-6,9,15H,4,7-8,10H2,1-3H3. The first kappa shape index (κ1) is 12.2. The Hall–Kier alpha value is -1.22. The Morgan fingerprint density at radius 2 is 2.00 bits per heavy atom. The molecule has 3 heteroatoms. The summed E-state index contributed by atoms with van der Waals surface area (Å²) >= 11 is 0. The number of hydrogen-bond acceptors (Lipinski definition) is 3. The van der Waals surface area contributed by atoms with Crippen molar-refractivity contribution in [2.24, 2.45) is 0 Å². The van der Waals surface area contributed by atoms with Crippen molar-refractivity contribution in [3.8, 4) is 11.5 Å². The number of methoxy groups -OCH3 is 2. The second kappa shape index (κ2) is 4.96. The van der Waals surface area contributed by atoms with Gasteiger partial charge in [0.15, 0.2) is 0 Å². The summed E-state index contributed by atoms with van der Waals surface area (Å²) in [6, 6.07) is 6.06. The molecule has 0 saturated heterocycles. The first-order chi connectivity index (χ1) is 8.25. The van der Waals surface area contributed by atoms with E-state index >= 15 is 0 Å². The molecule has 0 bridgehead atoms. The molecule has 1 aromatic rings. The molecule has 0 spiro atoms. The van der Waals surface area contributed by atoms with Crippen molar-refractivity contribution in [1.82, 2.24) is 5.32 Å². The van der Waals surface area contributed by atoms with Gasteiger partial charge in [0.05, 0.1) is 14.2 Å². The Kier molecular flexibility index (Phi) is 3.57. The molecule has 1 N–H and O–H groups in total. The molecule has 3 nitrogen and oxygen atoms in total. The fourth-order valence-corrected chi connectivity index (χ4v) is 2.29. The van der Waals surface area contributed by atoms with Crippen LogP contribution in [0, 0.1) is 0 Å². The topological polar surface area (TPSA) is 30.5 Å². The van der Waals surface area contributed by atoms with Gasteiger partial charge in [-0.1, -0.05) is 6.92 Å². The zero-order valence-electron chi connectivity index (χ0n) is 10.9. The highest BCUT2D eigenvalue weighted by atomic mass is 16.5. The van der Waals surface area contributed by atoms with Gasteiger partial charge in [-0.15, -0.1) is 0 Å². The summed E-state index contributed by atoms with van der Waals surface area (Å²) < 4.78 is 10.8. The minimum Gasteiger partial charge on any atom is -0.497 e. The van der Waals surface area contributed by atoms with Crippen LogP contribution >= 0.6 is 0 Å². The molecule has 94 valence electrons. The summed E-state index contributed by atoms with van der Waals surface area (Å²) in [5, 5.41) is 3.44. The van der Waals surface area contributed by atoms with Crippen LogP contribution in [0.2, 0.25) is 0 Å². The molecule has 1 fully saturated rings. The summed E-state index contributed by atoms with van der Waals surface area (Å²) in [6.45, 7) is 4.17. The molecule has 0 atom stereocenters. The maximum Gasteiger partial charge on any atom is 0.122 e. The van der Waals surface area contributed by atoms with Crippen molar-refractivity contribution in [3.05, 3.63) is 23.8 Å². The maximum absolute atomic E-state index is 5.47. The molecule has 2 rings (SSSR count).